The molecule has 0 radical (unpaired) electrons. The lowest BCUT2D eigenvalue weighted by atomic mass is 9.80. The Balaban J connectivity index is 1.06. The zero-order valence-electron chi connectivity index (χ0n) is 29.1. The summed E-state index contributed by atoms with van der Waals surface area (Å²) in [4.78, 5) is 15.4. The Morgan fingerprint density at radius 2 is 1.15 bits per heavy atom. The van der Waals surface area contributed by atoms with Crippen molar-refractivity contribution in [2.75, 3.05) is 0 Å². The van der Waals surface area contributed by atoms with E-state index in [2.05, 4.69) is 141 Å². The fourth-order valence-corrected chi connectivity index (χ4v) is 9.63. The molecule has 1 aliphatic carbocycles. The van der Waals surface area contributed by atoms with Crippen molar-refractivity contribution >= 4 is 53.4 Å². The first kappa shape index (κ1) is 30.2. The van der Waals surface area contributed by atoms with Crippen molar-refractivity contribution in [2.45, 2.75) is 19.3 Å². The second kappa shape index (κ2) is 11.3. The topological polar surface area (TPSA) is 51.8 Å². The van der Waals surface area contributed by atoms with Crippen LogP contribution in [-0.2, 0) is 5.41 Å². The van der Waals surface area contributed by atoms with Crippen LogP contribution in [0.3, 0.4) is 0 Å². The van der Waals surface area contributed by atoms with Crippen molar-refractivity contribution in [2.24, 2.45) is 0 Å². The molecule has 0 amide bonds. The summed E-state index contributed by atoms with van der Waals surface area (Å²) in [6, 6.07) is 53.5. The van der Waals surface area contributed by atoms with Crippen LogP contribution in [0.2, 0.25) is 0 Å². The number of nitrogens with zero attached hydrogens (tertiary/aromatic N) is 3. The first-order valence-corrected chi connectivity index (χ1v) is 18.8. The lowest BCUT2D eigenvalue weighted by Crippen LogP contribution is -2.15. The number of para-hydroxylation sites is 1. The van der Waals surface area contributed by atoms with Crippen LogP contribution in [-0.4, -0.2) is 15.0 Å². The molecule has 3 aromatic heterocycles. The third-order valence-corrected chi connectivity index (χ3v) is 12.1. The molecule has 250 valence electrons. The number of benzene rings is 7. The fraction of sp³-hybridized carbons (Fsp3) is 0.0625. The van der Waals surface area contributed by atoms with Crippen LogP contribution in [0.15, 0.2) is 156 Å². The van der Waals surface area contributed by atoms with Crippen LogP contribution in [0.1, 0.15) is 25.0 Å². The van der Waals surface area contributed by atoms with Gasteiger partial charge < -0.3 is 4.42 Å². The molecule has 0 saturated heterocycles. The molecule has 1 aliphatic rings. The predicted octanol–water partition coefficient (Wildman–Crippen LogP) is 13.1. The van der Waals surface area contributed by atoms with Crippen LogP contribution in [0, 0.1) is 0 Å². The Hall–Kier alpha value is -6.43. The van der Waals surface area contributed by atoms with Gasteiger partial charge in [0.25, 0.3) is 0 Å². The van der Waals surface area contributed by atoms with Crippen LogP contribution in [0.25, 0.3) is 98.5 Å². The molecule has 0 unspecified atom stereocenters. The molecule has 10 aromatic rings. The average Bonchev–Trinajstić information content (AvgIpc) is 3.85. The molecule has 0 aliphatic heterocycles. The highest BCUT2D eigenvalue weighted by atomic mass is 32.1. The summed E-state index contributed by atoms with van der Waals surface area (Å²) < 4.78 is 8.74. The Bertz CT molecular complexity index is 3100. The third-order valence-electron chi connectivity index (χ3n) is 10.9. The number of rotatable bonds is 4. The van der Waals surface area contributed by atoms with Gasteiger partial charge in [0, 0.05) is 53.1 Å². The Morgan fingerprint density at radius 3 is 2.04 bits per heavy atom. The molecule has 0 bridgehead atoms. The first-order valence-electron chi connectivity index (χ1n) is 17.9. The Kier molecular flexibility index (Phi) is 6.43. The quantitative estimate of drug-likeness (QED) is 0.184. The van der Waals surface area contributed by atoms with E-state index in [1.165, 1.54) is 53.2 Å². The molecule has 0 saturated carbocycles. The van der Waals surface area contributed by atoms with E-state index in [0.29, 0.717) is 17.5 Å². The summed E-state index contributed by atoms with van der Waals surface area (Å²) in [6.45, 7) is 4.67. The number of aromatic nitrogens is 3. The van der Waals surface area contributed by atoms with Crippen molar-refractivity contribution in [3.8, 4) is 56.4 Å². The van der Waals surface area contributed by atoms with Crippen LogP contribution in [0.4, 0.5) is 0 Å². The van der Waals surface area contributed by atoms with Crippen molar-refractivity contribution in [3.63, 3.8) is 0 Å². The van der Waals surface area contributed by atoms with E-state index in [0.717, 1.165) is 39.0 Å². The molecule has 7 aromatic carbocycles. The maximum atomic E-state index is 6.31. The van der Waals surface area contributed by atoms with E-state index in [9.17, 15) is 0 Å². The van der Waals surface area contributed by atoms with Crippen molar-refractivity contribution in [1.29, 1.82) is 0 Å². The highest BCUT2D eigenvalue weighted by Gasteiger charge is 2.38. The number of hydrogen-bond donors (Lipinski definition) is 0. The summed E-state index contributed by atoms with van der Waals surface area (Å²) in [7, 11) is 0. The van der Waals surface area contributed by atoms with E-state index >= 15 is 0 Å². The molecule has 5 heteroatoms. The number of hydrogen-bond acceptors (Lipinski definition) is 5. The van der Waals surface area contributed by atoms with Gasteiger partial charge in [-0.15, -0.1) is 11.3 Å². The van der Waals surface area contributed by atoms with Crippen LogP contribution >= 0.6 is 11.3 Å². The van der Waals surface area contributed by atoms with Crippen LogP contribution in [0.5, 0.6) is 0 Å². The van der Waals surface area contributed by atoms with Crippen molar-refractivity contribution in [1.82, 2.24) is 15.0 Å². The summed E-state index contributed by atoms with van der Waals surface area (Å²) >= 11 is 1.79. The summed E-state index contributed by atoms with van der Waals surface area (Å²) in [5, 5.41) is 4.86. The minimum atomic E-state index is -0.177. The lowest BCUT2D eigenvalue weighted by molar-refractivity contribution is 0.657. The minimum absolute atomic E-state index is 0.177. The summed E-state index contributed by atoms with van der Waals surface area (Å²) in [5.41, 5.74) is 12.1. The lowest BCUT2D eigenvalue weighted by Gasteiger charge is -2.22. The second-order valence-electron chi connectivity index (χ2n) is 14.4. The molecule has 0 spiro atoms. The van der Waals surface area contributed by atoms with Gasteiger partial charge in [0.05, 0.1) is 0 Å². The van der Waals surface area contributed by atoms with Crippen molar-refractivity contribution in [3.05, 3.63) is 163 Å². The van der Waals surface area contributed by atoms with E-state index in [-0.39, 0.29) is 5.41 Å². The molecular formula is C48H31N3OS. The monoisotopic (exact) mass is 697 g/mol. The second-order valence-corrected chi connectivity index (χ2v) is 15.4. The van der Waals surface area contributed by atoms with E-state index in [1.807, 2.05) is 24.3 Å². The van der Waals surface area contributed by atoms with Gasteiger partial charge >= 0.3 is 0 Å². The summed E-state index contributed by atoms with van der Waals surface area (Å²) in [5.74, 6) is 1.98. The average molecular weight is 698 g/mol. The minimum Gasteiger partial charge on any atom is -0.456 e. The first-order chi connectivity index (χ1) is 26.0. The smallest absolute Gasteiger partial charge is 0.165 e. The Labute approximate surface area is 310 Å². The molecule has 0 fully saturated rings. The maximum Gasteiger partial charge on any atom is 0.165 e. The summed E-state index contributed by atoms with van der Waals surface area (Å²) in [6.07, 6.45) is 0. The molecule has 4 nitrogen and oxygen atoms in total. The number of fused-ring (bicyclic) bond motifs is 10. The fourth-order valence-electron chi connectivity index (χ4n) is 8.42. The molecule has 53 heavy (non-hydrogen) atoms. The van der Waals surface area contributed by atoms with Gasteiger partial charge in [-0.2, -0.15) is 0 Å². The van der Waals surface area contributed by atoms with Gasteiger partial charge in [-0.25, -0.2) is 15.0 Å². The number of thiophene rings is 1. The third kappa shape index (κ3) is 4.57. The molecule has 0 atom stereocenters. The maximum absolute atomic E-state index is 6.31. The van der Waals surface area contributed by atoms with Gasteiger partial charge in [-0.3, -0.25) is 0 Å². The predicted molar refractivity (Wildman–Crippen MR) is 219 cm³/mol. The SMILES string of the molecule is CC1(C)c2ccc(-c3cccc(-c4nc(-c5ccccc5)nc(-c5cccc6c5sc5ccccc56)n4)c3)cc2-c2ccc3oc4ccccc4c3c21. The van der Waals surface area contributed by atoms with E-state index in [4.69, 9.17) is 19.4 Å². The Morgan fingerprint density at radius 1 is 0.472 bits per heavy atom. The van der Waals surface area contributed by atoms with Gasteiger partial charge in [0.1, 0.15) is 11.2 Å². The largest absolute Gasteiger partial charge is 0.456 e. The van der Waals surface area contributed by atoms with Gasteiger partial charge in [0.2, 0.25) is 0 Å². The zero-order chi connectivity index (χ0) is 35.3. The van der Waals surface area contributed by atoms with Gasteiger partial charge in [0.15, 0.2) is 17.5 Å². The number of furan rings is 1. The molecule has 11 rings (SSSR count). The zero-order valence-corrected chi connectivity index (χ0v) is 29.9. The highest BCUT2D eigenvalue weighted by molar-refractivity contribution is 7.26. The van der Waals surface area contributed by atoms with E-state index in [1.54, 1.807) is 11.3 Å². The van der Waals surface area contributed by atoms with Crippen molar-refractivity contribution < 1.29 is 4.42 Å². The molecule has 3 heterocycles. The van der Waals surface area contributed by atoms with Gasteiger partial charge in [-0.1, -0.05) is 129 Å². The normalized spacial score (nSPS) is 13.2. The highest BCUT2D eigenvalue weighted by Crippen LogP contribution is 2.53. The molecule has 0 N–H and O–H groups in total. The standard InChI is InChI=1S/C48H31N3OS/c1-48(2)38-24-22-30(27-37(38)33-23-25-40-42(43(33)48)35-17-6-8-20-39(35)52-40)29-14-10-15-31(26-29)46-49-45(28-12-4-3-5-13-28)50-47(51-46)36-19-11-18-34-32-16-7-9-21-41(32)53-44(34)36/h3-27H,1-2H3. The molecular weight excluding hydrogens is 667 g/mol. The van der Waals surface area contributed by atoms with Gasteiger partial charge in [-0.05, 0) is 69.8 Å². The van der Waals surface area contributed by atoms with Crippen LogP contribution < -0.4 is 0 Å². The van der Waals surface area contributed by atoms with E-state index < -0.39 is 0 Å².